The highest BCUT2D eigenvalue weighted by molar-refractivity contribution is 6.01. The van der Waals surface area contributed by atoms with Crippen molar-refractivity contribution < 1.29 is 18.7 Å². The van der Waals surface area contributed by atoms with Crippen molar-refractivity contribution in [3.05, 3.63) is 101 Å². The largest absolute Gasteiger partial charge is 0.497 e. The van der Waals surface area contributed by atoms with E-state index in [9.17, 15) is 19.7 Å². The monoisotopic (exact) mass is 479 g/mol. The van der Waals surface area contributed by atoms with Gasteiger partial charge in [0.15, 0.2) is 11.2 Å². The van der Waals surface area contributed by atoms with Crippen molar-refractivity contribution in [2.24, 2.45) is 5.41 Å². The van der Waals surface area contributed by atoms with E-state index >= 15 is 0 Å². The maximum Gasteiger partial charge on any atom is 0.185 e. The summed E-state index contributed by atoms with van der Waals surface area (Å²) in [6.07, 6.45) is 3.66. The molecule has 6 nitrogen and oxygen atoms in total. The second-order valence-electron chi connectivity index (χ2n) is 8.83. The number of benzene rings is 3. The number of carbonyl (C=O) groups is 1. The van der Waals surface area contributed by atoms with Gasteiger partial charge in [-0.05, 0) is 59.2 Å². The summed E-state index contributed by atoms with van der Waals surface area (Å²) >= 11 is 0. The van der Waals surface area contributed by atoms with Gasteiger partial charge >= 0.3 is 0 Å². The quantitative estimate of drug-likeness (QED) is 0.465. The van der Waals surface area contributed by atoms with Gasteiger partial charge in [0.1, 0.15) is 23.4 Å². The minimum Gasteiger partial charge on any atom is -0.497 e. The molecule has 3 aromatic rings. The van der Waals surface area contributed by atoms with Crippen LogP contribution in [0.1, 0.15) is 39.0 Å². The zero-order valence-corrected chi connectivity index (χ0v) is 19.7. The van der Waals surface area contributed by atoms with Gasteiger partial charge in [0.2, 0.25) is 0 Å². The SMILES string of the molecule is COc1cc(OC)cc(C2C(C(=O)c3ccc(F)cc3)N3C=Cc4ccccc4C3C2(C#N)C#N)c1. The van der Waals surface area contributed by atoms with Gasteiger partial charge in [0.05, 0.1) is 32.4 Å². The van der Waals surface area contributed by atoms with E-state index in [2.05, 4.69) is 12.1 Å². The van der Waals surface area contributed by atoms with E-state index in [4.69, 9.17) is 9.47 Å². The van der Waals surface area contributed by atoms with Crippen LogP contribution >= 0.6 is 0 Å². The average molecular weight is 480 g/mol. The standard InChI is InChI=1S/C29H22FN3O3/c1-35-22-13-20(14-23(15-22)36-2)25-26(27(34)19-7-9-21(30)10-8-19)33-12-11-18-5-3-4-6-24(18)28(33)29(25,16-31)17-32/h3-15,25-26,28H,1-2H3. The first kappa shape index (κ1) is 23.1. The Labute approximate surface area is 208 Å². The molecule has 1 fully saturated rings. The van der Waals surface area contributed by atoms with E-state index in [-0.39, 0.29) is 5.78 Å². The summed E-state index contributed by atoms with van der Waals surface area (Å²) in [5.41, 5.74) is 0.898. The van der Waals surface area contributed by atoms with Gasteiger partial charge in [-0.2, -0.15) is 10.5 Å². The first-order chi connectivity index (χ1) is 17.5. The second-order valence-corrected chi connectivity index (χ2v) is 8.83. The Morgan fingerprint density at radius 1 is 0.972 bits per heavy atom. The summed E-state index contributed by atoms with van der Waals surface area (Å²) in [6.45, 7) is 0. The molecule has 3 aromatic carbocycles. The molecule has 3 atom stereocenters. The van der Waals surface area contributed by atoms with Crippen LogP contribution in [0.25, 0.3) is 6.08 Å². The third-order valence-corrected chi connectivity index (χ3v) is 7.07. The summed E-state index contributed by atoms with van der Waals surface area (Å²) in [5.74, 6) is -0.691. The van der Waals surface area contributed by atoms with Gasteiger partial charge in [-0.3, -0.25) is 4.79 Å². The van der Waals surface area contributed by atoms with Crippen LogP contribution in [0.15, 0.2) is 72.9 Å². The molecule has 2 heterocycles. The molecule has 0 saturated carbocycles. The number of hydrogen-bond donors (Lipinski definition) is 0. The molecule has 0 aromatic heterocycles. The van der Waals surface area contributed by atoms with Crippen molar-refractivity contribution in [3.8, 4) is 23.6 Å². The molecule has 7 heteroatoms. The lowest BCUT2D eigenvalue weighted by molar-refractivity contribution is 0.0874. The fourth-order valence-corrected chi connectivity index (χ4v) is 5.46. The average Bonchev–Trinajstić information content (AvgIpc) is 3.23. The molecule has 0 radical (unpaired) electrons. The van der Waals surface area contributed by atoms with Crippen molar-refractivity contribution in [3.63, 3.8) is 0 Å². The lowest BCUT2D eigenvalue weighted by Gasteiger charge is -2.34. The highest BCUT2D eigenvalue weighted by Gasteiger charge is 2.64. The maximum atomic E-state index is 14.1. The fraction of sp³-hybridized carbons (Fsp3) is 0.207. The minimum atomic E-state index is -1.63. The first-order valence-electron chi connectivity index (χ1n) is 11.4. The first-order valence-corrected chi connectivity index (χ1v) is 11.4. The predicted molar refractivity (Wildman–Crippen MR) is 131 cm³/mol. The molecular formula is C29H22FN3O3. The summed E-state index contributed by atoms with van der Waals surface area (Å²) < 4.78 is 24.6. The number of rotatable bonds is 5. The molecule has 36 heavy (non-hydrogen) atoms. The van der Waals surface area contributed by atoms with Crippen molar-refractivity contribution in [2.45, 2.75) is 18.0 Å². The molecule has 2 aliphatic rings. The van der Waals surface area contributed by atoms with Gasteiger partial charge in [0.25, 0.3) is 0 Å². The number of carbonyl (C=O) groups excluding carboxylic acids is 1. The van der Waals surface area contributed by atoms with E-state index in [0.717, 1.165) is 11.1 Å². The van der Waals surface area contributed by atoms with E-state index in [1.165, 1.54) is 38.5 Å². The van der Waals surface area contributed by atoms with Crippen LogP contribution in [0.2, 0.25) is 0 Å². The summed E-state index contributed by atoms with van der Waals surface area (Å²) in [4.78, 5) is 15.9. The number of halogens is 1. The zero-order chi connectivity index (χ0) is 25.4. The van der Waals surface area contributed by atoms with Crippen LogP contribution in [-0.2, 0) is 0 Å². The Bertz CT molecular complexity index is 1420. The van der Waals surface area contributed by atoms with E-state index in [1.807, 2.05) is 30.3 Å². The summed E-state index contributed by atoms with van der Waals surface area (Å²) in [6, 6.07) is 21.0. The molecule has 0 spiro atoms. The van der Waals surface area contributed by atoms with Crippen molar-refractivity contribution >= 4 is 11.9 Å². The fourth-order valence-electron chi connectivity index (χ4n) is 5.46. The Morgan fingerprint density at radius 3 is 2.22 bits per heavy atom. The van der Waals surface area contributed by atoms with Crippen LogP contribution in [0.3, 0.4) is 0 Å². The van der Waals surface area contributed by atoms with Gasteiger partial charge in [-0.1, -0.05) is 24.3 Å². The number of methoxy groups -OCH3 is 2. The molecule has 0 N–H and O–H groups in total. The van der Waals surface area contributed by atoms with Gasteiger partial charge in [-0.15, -0.1) is 0 Å². The number of Topliss-reactive ketones (excluding diaryl/α,β-unsaturated/α-hetero) is 1. The third kappa shape index (κ3) is 3.40. The molecule has 0 bridgehead atoms. The van der Waals surface area contributed by atoms with Crippen LogP contribution in [-0.4, -0.2) is 30.9 Å². The maximum absolute atomic E-state index is 14.1. The number of nitrogens with zero attached hydrogens (tertiary/aromatic N) is 3. The van der Waals surface area contributed by atoms with Gasteiger partial charge < -0.3 is 14.4 Å². The van der Waals surface area contributed by atoms with Crippen LogP contribution in [0, 0.1) is 33.9 Å². The Kier molecular flexibility index (Phi) is 5.70. The molecule has 178 valence electrons. The molecule has 0 aliphatic carbocycles. The second kappa shape index (κ2) is 8.87. The molecule has 1 saturated heterocycles. The molecule has 3 unspecified atom stereocenters. The van der Waals surface area contributed by atoms with E-state index < -0.39 is 29.2 Å². The highest BCUT2D eigenvalue weighted by atomic mass is 19.1. The lowest BCUT2D eigenvalue weighted by atomic mass is 9.67. The summed E-state index contributed by atoms with van der Waals surface area (Å²) in [7, 11) is 3.02. The molecule has 2 aliphatic heterocycles. The zero-order valence-electron chi connectivity index (χ0n) is 19.7. The van der Waals surface area contributed by atoms with Gasteiger partial charge in [-0.25, -0.2) is 4.39 Å². The molecule has 0 amide bonds. The van der Waals surface area contributed by atoms with E-state index in [1.54, 1.807) is 29.3 Å². The number of ether oxygens (including phenoxy) is 2. The molecule has 5 rings (SSSR count). The van der Waals surface area contributed by atoms with Crippen LogP contribution < -0.4 is 9.47 Å². The van der Waals surface area contributed by atoms with Gasteiger partial charge in [0, 0.05) is 23.7 Å². The topological polar surface area (TPSA) is 86.3 Å². The summed E-state index contributed by atoms with van der Waals surface area (Å²) in [5, 5.41) is 21.3. The van der Waals surface area contributed by atoms with Crippen molar-refractivity contribution in [1.82, 2.24) is 4.90 Å². The third-order valence-electron chi connectivity index (χ3n) is 7.07. The number of nitriles is 2. The Hall–Kier alpha value is -4.62. The van der Waals surface area contributed by atoms with Crippen molar-refractivity contribution in [1.29, 1.82) is 10.5 Å². The number of hydrogen-bond acceptors (Lipinski definition) is 6. The normalized spacial score (nSPS) is 21.0. The van der Waals surface area contributed by atoms with Crippen LogP contribution in [0.4, 0.5) is 4.39 Å². The predicted octanol–water partition coefficient (Wildman–Crippen LogP) is 5.25. The molecular weight excluding hydrogens is 457 g/mol. The highest BCUT2D eigenvalue weighted by Crippen LogP contribution is 2.60. The van der Waals surface area contributed by atoms with E-state index in [0.29, 0.717) is 22.6 Å². The Morgan fingerprint density at radius 2 is 1.61 bits per heavy atom. The number of fused-ring (bicyclic) bond motifs is 3. The smallest absolute Gasteiger partial charge is 0.185 e. The van der Waals surface area contributed by atoms with Crippen molar-refractivity contribution in [2.75, 3.05) is 14.2 Å². The van der Waals surface area contributed by atoms with Crippen LogP contribution in [0.5, 0.6) is 11.5 Å². The minimum absolute atomic E-state index is 0.291. The lowest BCUT2D eigenvalue weighted by Crippen LogP contribution is -2.37. The Balaban J connectivity index is 1.79. The number of ketones is 1.